The first-order valence-corrected chi connectivity index (χ1v) is 8.48. The molecule has 3 atom stereocenters. The average Bonchev–Trinajstić information content (AvgIpc) is 2.59. The smallest absolute Gasteiger partial charge is 0.231 e. The maximum atomic E-state index is 5.58. The second-order valence-corrected chi connectivity index (χ2v) is 6.60. The summed E-state index contributed by atoms with van der Waals surface area (Å²) in [5, 5.41) is 0. The molecule has 0 aliphatic rings. The van der Waals surface area contributed by atoms with Gasteiger partial charge in [-0.05, 0) is 18.8 Å². The molecule has 3 unspecified atom stereocenters. The van der Waals surface area contributed by atoms with E-state index in [1.165, 1.54) is 0 Å². The Morgan fingerprint density at radius 2 is 1.56 bits per heavy atom. The number of hydrogen-bond acceptors (Lipinski definition) is 8. The van der Waals surface area contributed by atoms with Gasteiger partial charge in [-0.25, -0.2) is 0 Å². The summed E-state index contributed by atoms with van der Waals surface area (Å²) in [6, 6.07) is 0. The lowest BCUT2D eigenvalue weighted by Gasteiger charge is -2.28. The van der Waals surface area contributed by atoms with E-state index in [-0.39, 0.29) is 12.0 Å². The number of anilines is 2. The summed E-state index contributed by atoms with van der Waals surface area (Å²) in [6.07, 6.45) is 0.765. The Labute approximate surface area is 151 Å². The molecule has 0 bridgehead atoms. The molecular formula is C17H33N5O3. The number of aromatic nitrogens is 3. The largest absolute Gasteiger partial charge is 0.384 e. The molecule has 25 heavy (non-hydrogen) atoms. The second-order valence-electron chi connectivity index (χ2n) is 6.60. The van der Waals surface area contributed by atoms with Crippen LogP contribution in [0.25, 0.3) is 0 Å². The number of ether oxygens (including phenoxy) is 3. The van der Waals surface area contributed by atoms with Crippen LogP contribution in [0.5, 0.6) is 0 Å². The Balaban J connectivity index is 3.14. The third-order valence-electron chi connectivity index (χ3n) is 4.28. The van der Waals surface area contributed by atoms with E-state index in [0.717, 1.165) is 5.82 Å². The van der Waals surface area contributed by atoms with Crippen LogP contribution in [0.4, 0.5) is 11.9 Å². The molecule has 1 aromatic rings. The maximum absolute atomic E-state index is 5.58. The Hall–Kier alpha value is -1.51. The van der Waals surface area contributed by atoms with E-state index < -0.39 is 0 Å². The molecule has 0 fully saturated rings. The quantitative estimate of drug-likeness (QED) is 0.552. The fourth-order valence-corrected chi connectivity index (χ4v) is 2.71. The van der Waals surface area contributed by atoms with Crippen LogP contribution in [-0.4, -0.2) is 76.9 Å². The molecule has 0 aliphatic heterocycles. The van der Waals surface area contributed by atoms with E-state index in [2.05, 4.69) is 28.8 Å². The van der Waals surface area contributed by atoms with Crippen molar-refractivity contribution in [3.05, 3.63) is 5.82 Å². The molecule has 8 heteroatoms. The van der Waals surface area contributed by atoms with Crippen LogP contribution in [0.3, 0.4) is 0 Å². The molecule has 0 saturated heterocycles. The van der Waals surface area contributed by atoms with E-state index in [1.807, 2.05) is 30.9 Å². The van der Waals surface area contributed by atoms with E-state index in [4.69, 9.17) is 14.2 Å². The Bertz CT molecular complexity index is 515. The van der Waals surface area contributed by atoms with Gasteiger partial charge in [0.25, 0.3) is 0 Å². The van der Waals surface area contributed by atoms with Crippen molar-refractivity contribution in [3.63, 3.8) is 0 Å². The van der Waals surface area contributed by atoms with Gasteiger partial charge in [-0.3, -0.25) is 0 Å². The zero-order chi connectivity index (χ0) is 19.0. The number of methoxy groups -OCH3 is 3. The molecule has 8 nitrogen and oxygen atoms in total. The lowest BCUT2D eigenvalue weighted by atomic mass is 9.87. The number of rotatable bonds is 11. The van der Waals surface area contributed by atoms with Gasteiger partial charge in [0.15, 0.2) is 0 Å². The van der Waals surface area contributed by atoms with E-state index in [1.54, 1.807) is 21.3 Å². The third-order valence-corrected chi connectivity index (χ3v) is 4.28. The van der Waals surface area contributed by atoms with Crippen LogP contribution in [0.1, 0.15) is 19.7 Å². The zero-order valence-corrected chi connectivity index (χ0v) is 16.8. The van der Waals surface area contributed by atoms with Gasteiger partial charge in [0.1, 0.15) is 12.6 Å². The summed E-state index contributed by atoms with van der Waals surface area (Å²) in [4.78, 5) is 17.5. The summed E-state index contributed by atoms with van der Waals surface area (Å²) in [7, 11) is 10.8. The summed E-state index contributed by atoms with van der Waals surface area (Å²) >= 11 is 0. The van der Waals surface area contributed by atoms with Crippen LogP contribution in [0.2, 0.25) is 0 Å². The van der Waals surface area contributed by atoms with Crippen molar-refractivity contribution >= 4 is 11.9 Å². The first-order chi connectivity index (χ1) is 11.8. The molecule has 144 valence electrons. The highest BCUT2D eigenvalue weighted by atomic mass is 16.5. The topological polar surface area (TPSA) is 72.8 Å². The van der Waals surface area contributed by atoms with Crippen molar-refractivity contribution in [3.8, 4) is 0 Å². The Morgan fingerprint density at radius 3 is 2.08 bits per heavy atom. The molecule has 0 aliphatic carbocycles. The zero-order valence-electron chi connectivity index (χ0n) is 16.8. The highest BCUT2D eigenvalue weighted by Gasteiger charge is 2.26. The van der Waals surface area contributed by atoms with Crippen molar-refractivity contribution in [1.29, 1.82) is 0 Å². The normalized spacial score (nSPS) is 14.9. The number of hydrogen-bond donors (Lipinski definition) is 0. The van der Waals surface area contributed by atoms with Gasteiger partial charge < -0.3 is 24.0 Å². The molecule has 0 amide bonds. The summed E-state index contributed by atoms with van der Waals surface area (Å²) < 4.78 is 16.1. The van der Waals surface area contributed by atoms with Crippen LogP contribution in [0.15, 0.2) is 0 Å². The second kappa shape index (κ2) is 10.5. The molecule has 1 aromatic heterocycles. The van der Waals surface area contributed by atoms with Gasteiger partial charge in [-0.15, -0.1) is 0 Å². The van der Waals surface area contributed by atoms with Gasteiger partial charge in [-0.1, -0.05) is 6.92 Å². The fraction of sp³-hybridized carbons (Fsp3) is 0.824. The molecule has 1 rings (SSSR count). The van der Waals surface area contributed by atoms with Crippen LogP contribution in [0, 0.1) is 11.8 Å². The predicted molar refractivity (Wildman–Crippen MR) is 99.1 cm³/mol. The van der Waals surface area contributed by atoms with Crippen molar-refractivity contribution in [2.24, 2.45) is 11.8 Å². The van der Waals surface area contributed by atoms with Crippen LogP contribution < -0.4 is 9.80 Å². The fourth-order valence-electron chi connectivity index (χ4n) is 2.71. The minimum Gasteiger partial charge on any atom is -0.384 e. The first kappa shape index (κ1) is 21.5. The van der Waals surface area contributed by atoms with Gasteiger partial charge in [0.05, 0.1) is 6.10 Å². The van der Waals surface area contributed by atoms with Gasteiger partial charge in [-0.2, -0.15) is 15.0 Å². The minimum atomic E-state index is 0.0740. The average molecular weight is 355 g/mol. The minimum absolute atomic E-state index is 0.0740. The van der Waals surface area contributed by atoms with Gasteiger partial charge >= 0.3 is 0 Å². The van der Waals surface area contributed by atoms with Crippen molar-refractivity contribution in [2.45, 2.75) is 26.4 Å². The molecule has 0 spiro atoms. The lowest BCUT2D eigenvalue weighted by Crippen LogP contribution is -2.32. The summed E-state index contributed by atoms with van der Waals surface area (Å²) in [5.41, 5.74) is 0. The van der Waals surface area contributed by atoms with E-state index >= 15 is 0 Å². The monoisotopic (exact) mass is 355 g/mol. The number of nitrogens with zero attached hydrogens (tertiary/aromatic N) is 5. The molecule has 1 heterocycles. The van der Waals surface area contributed by atoms with E-state index in [0.29, 0.717) is 37.6 Å². The molecule has 0 N–H and O–H groups in total. The molecule has 0 saturated carbocycles. The lowest BCUT2D eigenvalue weighted by molar-refractivity contribution is 0.0204. The Morgan fingerprint density at radius 1 is 0.920 bits per heavy atom. The van der Waals surface area contributed by atoms with Crippen molar-refractivity contribution in [2.75, 3.05) is 65.6 Å². The Kier molecular flexibility index (Phi) is 9.02. The van der Waals surface area contributed by atoms with Gasteiger partial charge in [0, 0.05) is 55.5 Å². The molecular weight excluding hydrogens is 322 g/mol. The van der Waals surface area contributed by atoms with Crippen LogP contribution >= 0.6 is 0 Å². The van der Waals surface area contributed by atoms with Crippen molar-refractivity contribution < 1.29 is 14.2 Å². The molecule has 0 aromatic carbocycles. The third kappa shape index (κ3) is 6.37. The maximum Gasteiger partial charge on any atom is 0.231 e. The highest BCUT2D eigenvalue weighted by molar-refractivity contribution is 5.37. The van der Waals surface area contributed by atoms with Crippen molar-refractivity contribution in [1.82, 2.24) is 15.0 Å². The first-order valence-electron chi connectivity index (χ1n) is 8.48. The summed E-state index contributed by atoms with van der Waals surface area (Å²) in [6.45, 7) is 5.31. The molecule has 0 radical (unpaired) electrons. The predicted octanol–water partition coefficient (Wildman–Crippen LogP) is 1.45. The SMILES string of the molecule is COCC(C)C(Cc1nc(N(C)C)nc(N(C)COC)n1)C(C)OC. The van der Waals surface area contributed by atoms with Gasteiger partial charge in [0.2, 0.25) is 11.9 Å². The van der Waals surface area contributed by atoms with Crippen LogP contribution in [-0.2, 0) is 20.6 Å². The highest BCUT2D eigenvalue weighted by Crippen LogP contribution is 2.23. The summed E-state index contributed by atoms with van der Waals surface area (Å²) in [5.74, 6) is 2.53. The van der Waals surface area contributed by atoms with E-state index in [9.17, 15) is 0 Å². The standard InChI is InChI=1S/C17H33N5O3/c1-12(10-23-6)14(13(2)25-8)9-15-18-16(21(3)4)20-17(19-15)22(5)11-24-7/h12-14H,9-11H2,1-8H3.